The molecule has 1 aromatic heterocycles. The molecule has 0 aliphatic rings. The van der Waals surface area contributed by atoms with Crippen molar-refractivity contribution in [2.45, 2.75) is 26.4 Å². The van der Waals surface area contributed by atoms with Crippen LogP contribution in [-0.4, -0.2) is 11.0 Å². The van der Waals surface area contributed by atoms with Crippen LogP contribution in [0.25, 0.3) is 11.3 Å². The lowest BCUT2D eigenvalue weighted by molar-refractivity contribution is 0.587. The van der Waals surface area contributed by atoms with E-state index < -0.39 is 0 Å². The summed E-state index contributed by atoms with van der Waals surface area (Å²) in [6.45, 7) is 5.01. The van der Waals surface area contributed by atoms with Gasteiger partial charge >= 0.3 is 0 Å². The van der Waals surface area contributed by atoms with Crippen LogP contribution < -0.4 is 5.32 Å². The summed E-state index contributed by atoms with van der Waals surface area (Å²) < 4.78 is 0. The maximum atomic E-state index is 6.18. The van der Waals surface area contributed by atoms with Gasteiger partial charge < -0.3 is 5.32 Å². The lowest BCUT2D eigenvalue weighted by Gasteiger charge is -2.05. The Bertz CT molecular complexity index is 538. The summed E-state index contributed by atoms with van der Waals surface area (Å²) in [4.78, 5) is 4.57. The normalized spacial score (nSPS) is 11.2. The molecule has 0 aliphatic carbocycles. The van der Waals surface area contributed by atoms with Gasteiger partial charge in [-0.2, -0.15) is 0 Å². The van der Waals surface area contributed by atoms with Crippen molar-refractivity contribution < 1.29 is 0 Å². The molecule has 2 rings (SSSR count). The molecule has 1 N–H and O–H groups in total. The summed E-state index contributed by atoms with van der Waals surface area (Å²) in [5, 5.41) is 7.52. The molecule has 18 heavy (non-hydrogen) atoms. The topological polar surface area (TPSA) is 24.9 Å². The Morgan fingerprint density at radius 3 is 2.83 bits per heavy atom. The van der Waals surface area contributed by atoms with Crippen LogP contribution in [0.15, 0.2) is 23.6 Å². The Hall–Kier alpha value is -0.610. The van der Waals surface area contributed by atoms with Crippen LogP contribution in [0.2, 0.25) is 10.0 Å². The molecule has 1 aromatic carbocycles. The van der Waals surface area contributed by atoms with Gasteiger partial charge in [0.1, 0.15) is 5.01 Å². The number of thiazole rings is 1. The molecule has 96 valence electrons. The first-order valence-electron chi connectivity index (χ1n) is 5.70. The van der Waals surface area contributed by atoms with Gasteiger partial charge in [-0.25, -0.2) is 4.98 Å². The van der Waals surface area contributed by atoms with E-state index in [0.717, 1.165) is 22.8 Å². The molecular formula is C13H14Cl2N2S. The van der Waals surface area contributed by atoms with Gasteiger partial charge in [-0.05, 0) is 6.07 Å². The predicted octanol–water partition coefficient (Wildman–Crippen LogP) is 4.61. The average molecular weight is 301 g/mol. The highest BCUT2D eigenvalue weighted by molar-refractivity contribution is 7.09. The minimum absolute atomic E-state index is 0.451. The molecule has 0 atom stereocenters. The van der Waals surface area contributed by atoms with E-state index in [0.29, 0.717) is 16.1 Å². The van der Waals surface area contributed by atoms with Gasteiger partial charge in [0.2, 0.25) is 0 Å². The molecule has 0 saturated heterocycles. The second-order valence-electron chi connectivity index (χ2n) is 4.26. The molecule has 0 aliphatic heterocycles. The molecule has 2 nitrogen and oxygen atoms in total. The predicted molar refractivity (Wildman–Crippen MR) is 79.5 cm³/mol. The van der Waals surface area contributed by atoms with Crippen LogP contribution in [0, 0.1) is 0 Å². The third kappa shape index (κ3) is 3.23. The number of hydrogen-bond donors (Lipinski definition) is 1. The molecule has 0 amide bonds. The number of benzene rings is 1. The molecule has 1 heterocycles. The number of halogens is 2. The summed E-state index contributed by atoms with van der Waals surface area (Å²) in [5.74, 6) is 0. The van der Waals surface area contributed by atoms with Crippen LogP contribution in [0.4, 0.5) is 0 Å². The van der Waals surface area contributed by atoms with Crippen LogP contribution in [-0.2, 0) is 6.54 Å². The number of hydrogen-bond acceptors (Lipinski definition) is 3. The summed E-state index contributed by atoms with van der Waals surface area (Å²) in [7, 11) is 0. The number of nitrogens with one attached hydrogen (secondary N) is 1. The molecule has 0 spiro atoms. The Balaban J connectivity index is 2.21. The highest BCUT2D eigenvalue weighted by Gasteiger charge is 2.10. The van der Waals surface area contributed by atoms with Gasteiger partial charge in [0, 0.05) is 23.5 Å². The van der Waals surface area contributed by atoms with Crippen LogP contribution in [0.1, 0.15) is 18.9 Å². The third-order valence-electron chi connectivity index (χ3n) is 2.44. The van der Waals surface area contributed by atoms with Crippen molar-refractivity contribution in [3.05, 3.63) is 38.6 Å². The second-order valence-corrected chi connectivity index (χ2v) is 5.99. The fraction of sp³-hybridized carbons (Fsp3) is 0.308. The first-order chi connectivity index (χ1) is 8.58. The van der Waals surface area contributed by atoms with Gasteiger partial charge in [0.05, 0.1) is 15.7 Å². The Kier molecular flexibility index (Phi) is 4.62. The van der Waals surface area contributed by atoms with E-state index in [-0.39, 0.29) is 0 Å². The monoisotopic (exact) mass is 300 g/mol. The smallest absolute Gasteiger partial charge is 0.107 e. The Labute approximate surface area is 121 Å². The van der Waals surface area contributed by atoms with Crippen LogP contribution >= 0.6 is 34.5 Å². The highest BCUT2D eigenvalue weighted by atomic mass is 35.5. The van der Waals surface area contributed by atoms with Crippen molar-refractivity contribution in [2.24, 2.45) is 0 Å². The minimum Gasteiger partial charge on any atom is -0.308 e. The summed E-state index contributed by atoms with van der Waals surface area (Å²) in [6.07, 6.45) is 0. The van der Waals surface area contributed by atoms with Crippen LogP contribution in [0.3, 0.4) is 0 Å². The van der Waals surface area contributed by atoms with E-state index in [1.807, 2.05) is 17.5 Å². The van der Waals surface area contributed by atoms with E-state index in [1.54, 1.807) is 17.4 Å². The lowest BCUT2D eigenvalue weighted by atomic mass is 10.2. The van der Waals surface area contributed by atoms with E-state index in [2.05, 4.69) is 24.1 Å². The standard InChI is InChI=1S/C13H14Cl2N2S/c1-8(2)16-6-12-17-11(7-18-12)9-4-3-5-10(14)13(9)15/h3-5,7-8,16H,6H2,1-2H3. The Morgan fingerprint density at radius 2 is 2.11 bits per heavy atom. The van der Waals surface area contributed by atoms with Gasteiger partial charge in [-0.1, -0.05) is 49.2 Å². The zero-order valence-electron chi connectivity index (χ0n) is 10.2. The highest BCUT2D eigenvalue weighted by Crippen LogP contribution is 2.33. The van der Waals surface area contributed by atoms with E-state index >= 15 is 0 Å². The van der Waals surface area contributed by atoms with E-state index in [9.17, 15) is 0 Å². The fourth-order valence-electron chi connectivity index (χ4n) is 1.51. The maximum Gasteiger partial charge on any atom is 0.107 e. The Morgan fingerprint density at radius 1 is 1.33 bits per heavy atom. The zero-order chi connectivity index (χ0) is 13.1. The van der Waals surface area contributed by atoms with Gasteiger partial charge in [-0.3, -0.25) is 0 Å². The molecule has 0 radical (unpaired) electrons. The summed E-state index contributed by atoms with van der Waals surface area (Å²) in [5.41, 5.74) is 1.77. The summed E-state index contributed by atoms with van der Waals surface area (Å²) >= 11 is 13.8. The molecule has 0 bridgehead atoms. The molecule has 0 saturated carbocycles. The second kappa shape index (κ2) is 6.02. The largest absolute Gasteiger partial charge is 0.308 e. The number of nitrogens with zero attached hydrogens (tertiary/aromatic N) is 1. The molecule has 0 fully saturated rings. The minimum atomic E-state index is 0.451. The van der Waals surface area contributed by atoms with Gasteiger partial charge in [-0.15, -0.1) is 11.3 Å². The third-order valence-corrected chi connectivity index (χ3v) is 4.11. The van der Waals surface area contributed by atoms with E-state index in [4.69, 9.17) is 23.2 Å². The summed E-state index contributed by atoms with van der Waals surface area (Å²) in [6, 6.07) is 6.05. The molecule has 5 heteroatoms. The number of rotatable bonds is 4. The molecule has 0 unspecified atom stereocenters. The van der Waals surface area contributed by atoms with Crippen molar-refractivity contribution in [1.29, 1.82) is 0 Å². The zero-order valence-corrected chi connectivity index (χ0v) is 12.5. The van der Waals surface area contributed by atoms with Crippen molar-refractivity contribution in [3.63, 3.8) is 0 Å². The molecule has 2 aromatic rings. The first-order valence-corrected chi connectivity index (χ1v) is 7.33. The van der Waals surface area contributed by atoms with Crippen molar-refractivity contribution >= 4 is 34.5 Å². The average Bonchev–Trinajstić information content (AvgIpc) is 2.78. The van der Waals surface area contributed by atoms with Crippen LogP contribution in [0.5, 0.6) is 0 Å². The van der Waals surface area contributed by atoms with Crippen molar-refractivity contribution in [1.82, 2.24) is 10.3 Å². The van der Waals surface area contributed by atoms with Gasteiger partial charge in [0.25, 0.3) is 0 Å². The SMILES string of the molecule is CC(C)NCc1nc(-c2cccc(Cl)c2Cl)cs1. The van der Waals surface area contributed by atoms with E-state index in [1.165, 1.54) is 0 Å². The number of aromatic nitrogens is 1. The maximum absolute atomic E-state index is 6.18. The van der Waals surface area contributed by atoms with Crippen molar-refractivity contribution in [3.8, 4) is 11.3 Å². The quantitative estimate of drug-likeness (QED) is 0.891. The molecular weight excluding hydrogens is 287 g/mol. The fourth-order valence-corrected chi connectivity index (χ4v) is 2.65. The van der Waals surface area contributed by atoms with Gasteiger partial charge in [0.15, 0.2) is 0 Å². The lowest BCUT2D eigenvalue weighted by Crippen LogP contribution is -2.21. The first kappa shape index (κ1) is 13.8. The van der Waals surface area contributed by atoms with Crippen molar-refractivity contribution in [2.75, 3.05) is 0 Å².